The normalized spacial score (nSPS) is 20.0. The molecular formula is C19H24ClN3O3. The Morgan fingerprint density at radius 1 is 1.35 bits per heavy atom. The van der Waals surface area contributed by atoms with Gasteiger partial charge in [0.15, 0.2) is 0 Å². The highest BCUT2D eigenvalue weighted by molar-refractivity contribution is 6.29. The van der Waals surface area contributed by atoms with Crippen molar-refractivity contribution in [3.63, 3.8) is 0 Å². The van der Waals surface area contributed by atoms with Gasteiger partial charge in [0.2, 0.25) is 5.88 Å². The molecule has 6 nitrogen and oxygen atoms in total. The van der Waals surface area contributed by atoms with Gasteiger partial charge in [-0.2, -0.15) is 0 Å². The number of hydrogen-bond acceptors (Lipinski definition) is 5. The highest BCUT2D eigenvalue weighted by atomic mass is 35.5. The summed E-state index contributed by atoms with van der Waals surface area (Å²) in [5.41, 5.74) is 2.35. The highest BCUT2D eigenvalue weighted by Gasteiger charge is 2.36. The predicted molar refractivity (Wildman–Crippen MR) is 102 cm³/mol. The van der Waals surface area contributed by atoms with Crippen LogP contribution in [0, 0.1) is 0 Å². The van der Waals surface area contributed by atoms with Gasteiger partial charge in [0, 0.05) is 30.4 Å². The Morgan fingerprint density at radius 2 is 2.12 bits per heavy atom. The van der Waals surface area contributed by atoms with Gasteiger partial charge < -0.3 is 9.47 Å². The van der Waals surface area contributed by atoms with Gasteiger partial charge in [0.05, 0.1) is 13.2 Å². The summed E-state index contributed by atoms with van der Waals surface area (Å²) in [4.78, 5) is 23.1. The number of rotatable bonds is 3. The fourth-order valence-corrected chi connectivity index (χ4v) is 3.43. The van der Waals surface area contributed by atoms with Gasteiger partial charge in [-0.05, 0) is 51.3 Å². The third kappa shape index (κ3) is 4.01. The smallest absolute Gasteiger partial charge is 0.410 e. The fourth-order valence-electron chi connectivity index (χ4n) is 3.29. The van der Waals surface area contributed by atoms with Gasteiger partial charge >= 0.3 is 6.09 Å². The SMILES string of the molecule is COc1nc(Cl)ccc1C1=CN=C([C@@H]2CCCN2C(=O)OC(C)(C)C)C1. The number of pyridine rings is 1. The lowest BCUT2D eigenvalue weighted by atomic mass is 9.99. The van der Waals surface area contributed by atoms with Crippen LogP contribution >= 0.6 is 11.6 Å². The van der Waals surface area contributed by atoms with Crippen LogP contribution in [0.25, 0.3) is 5.57 Å². The van der Waals surface area contributed by atoms with Crippen LogP contribution in [-0.4, -0.2) is 47.0 Å². The number of aliphatic imine (C=N–C) groups is 1. The van der Waals surface area contributed by atoms with Crippen molar-refractivity contribution in [3.05, 3.63) is 29.0 Å². The van der Waals surface area contributed by atoms with Crippen LogP contribution < -0.4 is 4.74 Å². The molecule has 0 aliphatic carbocycles. The first-order valence-electron chi connectivity index (χ1n) is 8.74. The van der Waals surface area contributed by atoms with Crippen molar-refractivity contribution < 1.29 is 14.3 Å². The molecule has 2 aliphatic heterocycles. The van der Waals surface area contributed by atoms with Gasteiger partial charge in [0.1, 0.15) is 10.8 Å². The van der Waals surface area contributed by atoms with Crippen LogP contribution in [0.2, 0.25) is 5.15 Å². The molecule has 0 spiro atoms. The number of carbonyl (C=O) groups is 1. The highest BCUT2D eigenvalue weighted by Crippen LogP contribution is 2.34. The number of nitrogens with zero attached hydrogens (tertiary/aromatic N) is 3. The number of aromatic nitrogens is 1. The Morgan fingerprint density at radius 3 is 2.81 bits per heavy atom. The first kappa shape index (κ1) is 18.7. The molecule has 140 valence electrons. The van der Waals surface area contributed by atoms with Crippen LogP contribution in [0.1, 0.15) is 45.6 Å². The van der Waals surface area contributed by atoms with Crippen LogP contribution in [-0.2, 0) is 4.74 Å². The van der Waals surface area contributed by atoms with E-state index in [0.717, 1.165) is 29.7 Å². The second kappa shape index (κ2) is 7.27. The number of allylic oxidation sites excluding steroid dienone is 1. The maximum absolute atomic E-state index is 12.5. The minimum Gasteiger partial charge on any atom is -0.481 e. The summed E-state index contributed by atoms with van der Waals surface area (Å²) in [6.45, 7) is 6.33. The minimum absolute atomic E-state index is 0.0233. The molecule has 0 radical (unpaired) electrons. The largest absolute Gasteiger partial charge is 0.481 e. The monoisotopic (exact) mass is 377 g/mol. The van der Waals surface area contributed by atoms with E-state index in [1.807, 2.05) is 33.0 Å². The number of carbonyl (C=O) groups excluding carboxylic acids is 1. The lowest BCUT2D eigenvalue weighted by Gasteiger charge is -2.28. The summed E-state index contributed by atoms with van der Waals surface area (Å²) in [5, 5.41) is 0.386. The van der Waals surface area contributed by atoms with Crippen LogP contribution in [0.5, 0.6) is 5.88 Å². The fraction of sp³-hybridized carbons (Fsp3) is 0.526. The molecule has 3 heterocycles. The van der Waals surface area contributed by atoms with Gasteiger partial charge in [-0.15, -0.1) is 0 Å². The second-order valence-corrected chi connectivity index (χ2v) is 7.86. The van der Waals surface area contributed by atoms with Gasteiger partial charge in [0.25, 0.3) is 0 Å². The number of amides is 1. The van der Waals surface area contributed by atoms with Crippen molar-refractivity contribution in [2.45, 2.75) is 51.7 Å². The van der Waals surface area contributed by atoms with E-state index in [4.69, 9.17) is 21.1 Å². The molecule has 0 bridgehead atoms. The molecule has 26 heavy (non-hydrogen) atoms. The quantitative estimate of drug-likeness (QED) is 0.735. The zero-order valence-electron chi connectivity index (χ0n) is 15.6. The molecule has 1 amide bonds. The zero-order valence-corrected chi connectivity index (χ0v) is 16.3. The lowest BCUT2D eigenvalue weighted by Crippen LogP contribution is -2.43. The summed E-state index contributed by atoms with van der Waals surface area (Å²) in [5.74, 6) is 0.482. The maximum atomic E-state index is 12.5. The number of halogens is 1. The molecule has 2 aliphatic rings. The number of ether oxygens (including phenoxy) is 2. The molecule has 1 fully saturated rings. The third-order valence-electron chi connectivity index (χ3n) is 4.39. The summed E-state index contributed by atoms with van der Waals surface area (Å²) >= 11 is 5.94. The topological polar surface area (TPSA) is 64.0 Å². The van der Waals surface area contributed by atoms with Crippen molar-refractivity contribution in [3.8, 4) is 5.88 Å². The van der Waals surface area contributed by atoms with Gasteiger partial charge in [-0.1, -0.05) is 11.6 Å². The first-order chi connectivity index (χ1) is 12.3. The molecule has 3 rings (SSSR count). The molecule has 0 N–H and O–H groups in total. The standard InChI is InChI=1S/C19H24ClN3O3/c1-19(2,3)26-18(24)23-9-5-6-15(23)14-10-12(11-21-14)13-7-8-16(20)22-17(13)25-4/h7-8,11,15H,5-6,9-10H2,1-4H3/t15-/m0/s1. The average Bonchev–Trinajstić information content (AvgIpc) is 3.21. The molecule has 0 unspecified atom stereocenters. The van der Waals surface area contributed by atoms with Crippen LogP contribution in [0.15, 0.2) is 23.3 Å². The number of likely N-dealkylation sites (tertiary alicyclic amines) is 1. The lowest BCUT2D eigenvalue weighted by molar-refractivity contribution is 0.0265. The second-order valence-electron chi connectivity index (χ2n) is 7.47. The van der Waals surface area contributed by atoms with Crippen molar-refractivity contribution in [1.82, 2.24) is 9.88 Å². The minimum atomic E-state index is -0.506. The molecule has 0 saturated carbocycles. The third-order valence-corrected chi connectivity index (χ3v) is 4.60. The molecule has 1 aromatic rings. The predicted octanol–water partition coefficient (Wildman–Crippen LogP) is 4.33. The van der Waals surface area contributed by atoms with E-state index in [9.17, 15) is 4.79 Å². The summed E-state index contributed by atoms with van der Waals surface area (Å²) in [6.07, 6.45) is 4.05. The Labute approximate surface area is 158 Å². The van der Waals surface area contributed by atoms with Crippen molar-refractivity contribution >= 4 is 29.0 Å². The molecule has 7 heteroatoms. The van der Waals surface area contributed by atoms with Crippen molar-refractivity contribution in [2.24, 2.45) is 4.99 Å². The van der Waals surface area contributed by atoms with Crippen molar-refractivity contribution in [2.75, 3.05) is 13.7 Å². The van der Waals surface area contributed by atoms with Gasteiger partial charge in [-0.25, -0.2) is 9.78 Å². The average molecular weight is 378 g/mol. The summed E-state index contributed by atoms with van der Waals surface area (Å²) in [7, 11) is 1.57. The van der Waals surface area contributed by atoms with E-state index < -0.39 is 5.60 Å². The summed E-state index contributed by atoms with van der Waals surface area (Å²) < 4.78 is 10.9. The number of methoxy groups -OCH3 is 1. The van der Waals surface area contributed by atoms with E-state index >= 15 is 0 Å². The van der Waals surface area contributed by atoms with Crippen molar-refractivity contribution in [1.29, 1.82) is 0 Å². The number of hydrogen-bond donors (Lipinski definition) is 0. The van der Waals surface area contributed by atoms with Crippen LogP contribution in [0.4, 0.5) is 4.79 Å². The molecule has 1 atom stereocenters. The zero-order chi connectivity index (χ0) is 18.9. The van der Waals surface area contributed by atoms with Crippen LogP contribution in [0.3, 0.4) is 0 Å². The summed E-state index contributed by atoms with van der Waals surface area (Å²) in [6, 6.07) is 3.60. The molecule has 1 saturated heterocycles. The molecule has 0 aromatic carbocycles. The Bertz CT molecular complexity index is 768. The van der Waals surface area contributed by atoms with E-state index in [2.05, 4.69) is 9.98 Å². The Kier molecular flexibility index (Phi) is 5.23. The molecular weight excluding hydrogens is 354 g/mol. The van der Waals surface area contributed by atoms with E-state index in [0.29, 0.717) is 24.0 Å². The van der Waals surface area contributed by atoms with E-state index in [1.165, 1.54) is 0 Å². The van der Waals surface area contributed by atoms with E-state index in [1.54, 1.807) is 18.1 Å². The first-order valence-corrected chi connectivity index (χ1v) is 9.12. The Balaban J connectivity index is 1.72. The Hall–Kier alpha value is -2.08. The van der Waals surface area contributed by atoms with Gasteiger partial charge in [-0.3, -0.25) is 9.89 Å². The maximum Gasteiger partial charge on any atom is 0.410 e. The molecule has 1 aromatic heterocycles. The van der Waals surface area contributed by atoms with E-state index in [-0.39, 0.29) is 12.1 Å².